The van der Waals surface area contributed by atoms with Gasteiger partial charge in [-0.2, -0.15) is 5.26 Å². The van der Waals surface area contributed by atoms with E-state index < -0.39 is 0 Å². The molecule has 1 aliphatic rings. The van der Waals surface area contributed by atoms with Crippen LogP contribution in [0.1, 0.15) is 18.4 Å². The minimum Gasteiger partial charge on any atom is -0.370 e. The molecular formula is C16H15N3O. The molecule has 2 heterocycles. The maximum Gasteiger partial charge on any atom is 0.268 e. The molecule has 0 saturated carbocycles. The monoisotopic (exact) mass is 265 g/mol. The zero-order valence-electron chi connectivity index (χ0n) is 11.1. The lowest BCUT2D eigenvalue weighted by molar-refractivity contribution is 0.949. The third-order valence-corrected chi connectivity index (χ3v) is 3.66. The van der Waals surface area contributed by atoms with Crippen molar-refractivity contribution in [3.05, 3.63) is 52.3 Å². The maximum atomic E-state index is 12.1. The second-order valence-corrected chi connectivity index (χ2v) is 4.94. The summed E-state index contributed by atoms with van der Waals surface area (Å²) in [6, 6.07) is 13.7. The predicted octanol–water partition coefficient (Wildman–Crippen LogP) is 2.51. The number of benzene rings is 1. The summed E-state index contributed by atoms with van der Waals surface area (Å²) in [5.41, 5.74) is 2.38. The van der Waals surface area contributed by atoms with E-state index >= 15 is 0 Å². The number of hydrogen-bond donors (Lipinski definition) is 1. The van der Waals surface area contributed by atoms with Gasteiger partial charge in [0, 0.05) is 13.1 Å². The topological polar surface area (TPSA) is 59.9 Å². The third-order valence-electron chi connectivity index (χ3n) is 3.66. The summed E-state index contributed by atoms with van der Waals surface area (Å²) in [6.07, 6.45) is 2.22. The Balaban J connectivity index is 2.15. The number of aromatic amines is 1. The fourth-order valence-electron chi connectivity index (χ4n) is 2.63. The first-order valence-corrected chi connectivity index (χ1v) is 6.77. The Morgan fingerprint density at radius 2 is 1.85 bits per heavy atom. The zero-order chi connectivity index (χ0) is 13.9. The Hall–Kier alpha value is -2.54. The summed E-state index contributed by atoms with van der Waals surface area (Å²) in [4.78, 5) is 17.0. The van der Waals surface area contributed by atoms with Gasteiger partial charge < -0.3 is 9.88 Å². The van der Waals surface area contributed by atoms with Gasteiger partial charge in [-0.1, -0.05) is 30.3 Å². The highest BCUT2D eigenvalue weighted by atomic mass is 16.1. The van der Waals surface area contributed by atoms with Crippen LogP contribution in [0.15, 0.2) is 41.2 Å². The molecule has 0 radical (unpaired) electrons. The second kappa shape index (κ2) is 5.22. The molecule has 100 valence electrons. The van der Waals surface area contributed by atoms with Crippen molar-refractivity contribution >= 4 is 5.69 Å². The van der Waals surface area contributed by atoms with Crippen molar-refractivity contribution in [1.29, 1.82) is 5.26 Å². The van der Waals surface area contributed by atoms with Gasteiger partial charge in [-0.15, -0.1) is 0 Å². The summed E-state index contributed by atoms with van der Waals surface area (Å²) < 4.78 is 0. The van der Waals surface area contributed by atoms with Crippen LogP contribution in [0.3, 0.4) is 0 Å². The third kappa shape index (κ3) is 2.19. The van der Waals surface area contributed by atoms with E-state index in [0.717, 1.165) is 42.9 Å². The van der Waals surface area contributed by atoms with Gasteiger partial charge in [0.15, 0.2) is 0 Å². The van der Waals surface area contributed by atoms with Crippen LogP contribution in [0.25, 0.3) is 11.3 Å². The predicted molar refractivity (Wildman–Crippen MR) is 78.7 cm³/mol. The Morgan fingerprint density at radius 3 is 2.50 bits per heavy atom. The first kappa shape index (κ1) is 12.5. The van der Waals surface area contributed by atoms with E-state index in [1.54, 1.807) is 0 Å². The van der Waals surface area contributed by atoms with Gasteiger partial charge in [-0.25, -0.2) is 0 Å². The number of nitrogens with zero attached hydrogens (tertiary/aromatic N) is 2. The molecule has 20 heavy (non-hydrogen) atoms. The van der Waals surface area contributed by atoms with Crippen LogP contribution in [0, 0.1) is 11.3 Å². The number of pyridine rings is 1. The van der Waals surface area contributed by atoms with E-state index in [4.69, 9.17) is 0 Å². The van der Waals surface area contributed by atoms with Crippen LogP contribution in [-0.4, -0.2) is 18.1 Å². The molecule has 0 aliphatic carbocycles. The zero-order valence-corrected chi connectivity index (χ0v) is 11.1. The van der Waals surface area contributed by atoms with Gasteiger partial charge in [0.1, 0.15) is 11.6 Å². The van der Waals surface area contributed by atoms with Crippen molar-refractivity contribution < 1.29 is 0 Å². The molecule has 4 nitrogen and oxygen atoms in total. The molecule has 3 rings (SSSR count). The summed E-state index contributed by atoms with van der Waals surface area (Å²) in [7, 11) is 0. The quantitative estimate of drug-likeness (QED) is 0.907. The first-order chi connectivity index (χ1) is 9.79. The molecule has 2 aromatic rings. The molecular weight excluding hydrogens is 250 g/mol. The largest absolute Gasteiger partial charge is 0.370 e. The molecule has 0 spiro atoms. The summed E-state index contributed by atoms with van der Waals surface area (Å²) in [6.45, 7) is 1.82. The number of nitriles is 1. The second-order valence-electron chi connectivity index (χ2n) is 4.94. The van der Waals surface area contributed by atoms with Crippen molar-refractivity contribution in [2.75, 3.05) is 18.0 Å². The number of rotatable bonds is 2. The van der Waals surface area contributed by atoms with E-state index in [1.807, 2.05) is 42.5 Å². The molecule has 1 N–H and O–H groups in total. The molecule has 0 atom stereocenters. The van der Waals surface area contributed by atoms with Crippen molar-refractivity contribution in [2.24, 2.45) is 0 Å². The van der Waals surface area contributed by atoms with Gasteiger partial charge in [0.25, 0.3) is 5.56 Å². The molecule has 1 aromatic heterocycles. The van der Waals surface area contributed by atoms with Crippen LogP contribution in [0.4, 0.5) is 5.69 Å². The SMILES string of the molecule is N#Cc1c(N2CCCC2)cc(-c2ccccc2)[nH]c1=O. The number of nitrogens with one attached hydrogen (secondary N) is 1. The first-order valence-electron chi connectivity index (χ1n) is 6.77. The van der Waals surface area contributed by atoms with Gasteiger partial charge in [-0.3, -0.25) is 4.79 Å². The minimum absolute atomic E-state index is 0.214. The lowest BCUT2D eigenvalue weighted by Crippen LogP contribution is -2.23. The molecule has 1 aromatic carbocycles. The molecule has 4 heteroatoms. The van der Waals surface area contributed by atoms with Crippen molar-refractivity contribution in [1.82, 2.24) is 4.98 Å². The van der Waals surface area contributed by atoms with E-state index in [1.165, 1.54) is 0 Å². The molecule has 0 bridgehead atoms. The average molecular weight is 265 g/mol. The lowest BCUT2D eigenvalue weighted by atomic mass is 10.1. The smallest absolute Gasteiger partial charge is 0.268 e. The number of H-pyrrole nitrogens is 1. The minimum atomic E-state index is -0.309. The summed E-state index contributed by atoms with van der Waals surface area (Å²) in [5.74, 6) is 0. The molecule has 1 saturated heterocycles. The van der Waals surface area contributed by atoms with Gasteiger partial charge >= 0.3 is 0 Å². The van der Waals surface area contributed by atoms with Crippen LogP contribution in [0.5, 0.6) is 0 Å². The fourth-order valence-corrected chi connectivity index (χ4v) is 2.63. The molecule has 1 fully saturated rings. The van der Waals surface area contributed by atoms with Crippen LogP contribution in [-0.2, 0) is 0 Å². The molecule has 0 unspecified atom stereocenters. The van der Waals surface area contributed by atoms with E-state index in [9.17, 15) is 10.1 Å². The summed E-state index contributed by atoms with van der Waals surface area (Å²) in [5, 5.41) is 9.22. The van der Waals surface area contributed by atoms with Gasteiger partial charge in [0.2, 0.25) is 0 Å². The average Bonchev–Trinajstić information content (AvgIpc) is 3.01. The highest BCUT2D eigenvalue weighted by Gasteiger charge is 2.19. The molecule has 0 amide bonds. The number of anilines is 1. The maximum absolute atomic E-state index is 12.1. The van der Waals surface area contributed by atoms with Crippen LogP contribution in [0.2, 0.25) is 0 Å². The Morgan fingerprint density at radius 1 is 1.15 bits per heavy atom. The lowest BCUT2D eigenvalue weighted by Gasteiger charge is -2.19. The fraction of sp³-hybridized carbons (Fsp3) is 0.250. The van der Waals surface area contributed by atoms with Crippen LogP contribution >= 0.6 is 0 Å². The number of aromatic nitrogens is 1. The normalized spacial score (nSPS) is 14.2. The Kier molecular flexibility index (Phi) is 3.26. The van der Waals surface area contributed by atoms with E-state index in [2.05, 4.69) is 9.88 Å². The number of hydrogen-bond acceptors (Lipinski definition) is 3. The van der Waals surface area contributed by atoms with Crippen molar-refractivity contribution in [3.8, 4) is 17.3 Å². The van der Waals surface area contributed by atoms with E-state index in [-0.39, 0.29) is 11.1 Å². The van der Waals surface area contributed by atoms with Gasteiger partial charge in [0.05, 0.1) is 11.4 Å². The van der Waals surface area contributed by atoms with E-state index in [0.29, 0.717) is 0 Å². The summed E-state index contributed by atoms with van der Waals surface area (Å²) >= 11 is 0. The standard InChI is InChI=1S/C16H15N3O/c17-11-13-15(19-8-4-5-9-19)10-14(18-16(13)20)12-6-2-1-3-7-12/h1-3,6-7,10H,4-5,8-9H2,(H,18,20). The Bertz CT molecular complexity index is 707. The van der Waals surface area contributed by atoms with Crippen molar-refractivity contribution in [2.45, 2.75) is 12.8 Å². The highest BCUT2D eigenvalue weighted by molar-refractivity contribution is 5.69. The molecule has 1 aliphatic heterocycles. The van der Waals surface area contributed by atoms with Crippen LogP contribution < -0.4 is 10.5 Å². The highest BCUT2D eigenvalue weighted by Crippen LogP contribution is 2.26. The van der Waals surface area contributed by atoms with Crippen molar-refractivity contribution in [3.63, 3.8) is 0 Å². The van der Waals surface area contributed by atoms with Gasteiger partial charge in [-0.05, 0) is 24.5 Å². The Labute approximate surface area is 117 Å².